The molecule has 4 aromatic rings. The van der Waals surface area contributed by atoms with Crippen molar-refractivity contribution in [2.24, 2.45) is 0 Å². The number of aliphatic hydroxyl groups is 5. The molecule has 2 aliphatic heterocycles. The normalized spacial score (nSPS) is 27.8. The van der Waals surface area contributed by atoms with Gasteiger partial charge in [0.15, 0.2) is 23.9 Å². The van der Waals surface area contributed by atoms with Gasteiger partial charge in [0.05, 0.1) is 18.2 Å². The summed E-state index contributed by atoms with van der Waals surface area (Å²) in [4.78, 5) is 12.5. The highest BCUT2D eigenvalue weighted by atomic mass is 16.8. The van der Waals surface area contributed by atoms with E-state index in [0.29, 0.717) is 5.56 Å². The molecule has 0 radical (unpaired) electrons. The lowest BCUT2D eigenvalue weighted by atomic mass is 9.98. The molecule has 0 spiro atoms. The average molecular weight is 728 g/mol. The highest BCUT2D eigenvalue weighted by molar-refractivity contribution is 5.89. The van der Waals surface area contributed by atoms with Crippen molar-refractivity contribution in [3.63, 3.8) is 0 Å². The SMILES string of the molecule is O=C(/C=C/c1ccc(O)cc1)OC[C@H]1O[C@@H](Oc2cc3c(O)cc(O)cc3[o+]c2-c2ccc(O)c(O)c2)[C@H](O[C@@H]2OC[C@@H](O)[C@H](O)[C@H]2O)[C@@H](O)[C@H]1O. The summed E-state index contributed by atoms with van der Waals surface area (Å²) in [6.07, 6.45) is -12.9. The Morgan fingerprint density at radius 2 is 1.54 bits per heavy atom. The number of ether oxygens (including phenoxy) is 5. The zero-order valence-corrected chi connectivity index (χ0v) is 26.9. The minimum Gasteiger partial charge on any atom is -0.508 e. The van der Waals surface area contributed by atoms with Gasteiger partial charge >= 0.3 is 17.3 Å². The van der Waals surface area contributed by atoms with Crippen molar-refractivity contribution in [2.75, 3.05) is 13.2 Å². The van der Waals surface area contributed by atoms with Gasteiger partial charge in [0.25, 0.3) is 0 Å². The molecule has 0 amide bonds. The molecule has 17 nitrogen and oxygen atoms in total. The molecule has 2 aliphatic rings. The second-order valence-electron chi connectivity index (χ2n) is 12.1. The van der Waals surface area contributed by atoms with Crippen LogP contribution in [-0.4, -0.2) is 126 Å². The van der Waals surface area contributed by atoms with Crippen LogP contribution in [0.3, 0.4) is 0 Å². The third-order valence-corrected chi connectivity index (χ3v) is 8.38. The fraction of sp³-hybridized carbons (Fsp3) is 0.314. The molecule has 17 heteroatoms. The maximum atomic E-state index is 12.5. The molecular weight excluding hydrogens is 692 g/mol. The number of fused-ring (bicyclic) bond motifs is 1. The van der Waals surface area contributed by atoms with E-state index in [1.807, 2.05) is 0 Å². The summed E-state index contributed by atoms with van der Waals surface area (Å²) in [6.45, 7) is -1.10. The Hall–Kier alpha value is -5.24. The fourth-order valence-corrected chi connectivity index (χ4v) is 5.56. The maximum absolute atomic E-state index is 12.5. The molecule has 6 rings (SSSR count). The average Bonchev–Trinajstić information content (AvgIpc) is 3.11. The zero-order chi connectivity index (χ0) is 37.3. The van der Waals surface area contributed by atoms with Crippen molar-refractivity contribution >= 4 is 23.0 Å². The van der Waals surface area contributed by atoms with Crippen LogP contribution < -0.4 is 4.74 Å². The zero-order valence-electron chi connectivity index (χ0n) is 26.9. The van der Waals surface area contributed by atoms with Crippen LogP contribution >= 0.6 is 0 Å². The molecule has 0 bridgehead atoms. The molecule has 0 saturated carbocycles. The number of esters is 1. The largest absolute Gasteiger partial charge is 0.508 e. The lowest BCUT2D eigenvalue weighted by molar-refractivity contribution is -0.345. The lowest BCUT2D eigenvalue weighted by Crippen LogP contribution is -2.64. The van der Waals surface area contributed by atoms with Crippen LogP contribution in [0.2, 0.25) is 0 Å². The van der Waals surface area contributed by atoms with Crippen molar-refractivity contribution < 1.29 is 84.0 Å². The summed E-state index contributed by atoms with van der Waals surface area (Å²) in [5.74, 6) is -3.03. The molecule has 276 valence electrons. The Labute approximate surface area is 293 Å². The number of benzene rings is 3. The Balaban J connectivity index is 1.33. The van der Waals surface area contributed by atoms with Crippen molar-refractivity contribution in [1.29, 1.82) is 0 Å². The predicted octanol–water partition coefficient (Wildman–Crippen LogP) is 0.815. The molecule has 9 atom stereocenters. The number of hydrogen-bond donors (Lipinski definition) is 10. The summed E-state index contributed by atoms with van der Waals surface area (Å²) in [6, 6.07) is 13.0. The van der Waals surface area contributed by atoms with Crippen molar-refractivity contribution in [3.05, 3.63) is 72.3 Å². The minimum atomic E-state index is -1.90. The number of phenols is 5. The molecule has 0 unspecified atom stereocenters. The number of aromatic hydroxyl groups is 5. The van der Waals surface area contributed by atoms with Crippen molar-refractivity contribution in [3.8, 4) is 45.8 Å². The molecular formula is C35H35O17+. The van der Waals surface area contributed by atoms with Gasteiger partial charge in [-0.2, -0.15) is 0 Å². The first-order valence-electron chi connectivity index (χ1n) is 15.8. The van der Waals surface area contributed by atoms with Crippen LogP contribution in [0.1, 0.15) is 5.56 Å². The number of rotatable bonds is 9. The van der Waals surface area contributed by atoms with Gasteiger partial charge in [-0.1, -0.05) is 12.1 Å². The highest BCUT2D eigenvalue weighted by Crippen LogP contribution is 2.42. The second kappa shape index (κ2) is 15.2. The van der Waals surface area contributed by atoms with E-state index in [2.05, 4.69) is 0 Å². The van der Waals surface area contributed by atoms with E-state index < -0.39 is 91.7 Å². The van der Waals surface area contributed by atoms with E-state index in [1.54, 1.807) is 12.1 Å². The van der Waals surface area contributed by atoms with Gasteiger partial charge in [-0.3, -0.25) is 0 Å². The molecule has 2 saturated heterocycles. The van der Waals surface area contributed by atoms with Crippen LogP contribution in [0, 0.1) is 0 Å². The molecule has 3 heterocycles. The Kier molecular flexibility index (Phi) is 10.7. The Bertz CT molecular complexity index is 1930. The van der Waals surface area contributed by atoms with E-state index in [4.69, 9.17) is 28.1 Å². The quantitative estimate of drug-likeness (QED) is 0.0494. The fourth-order valence-electron chi connectivity index (χ4n) is 5.56. The first-order chi connectivity index (χ1) is 24.8. The Morgan fingerprint density at radius 1 is 0.788 bits per heavy atom. The second-order valence-corrected chi connectivity index (χ2v) is 12.1. The van der Waals surface area contributed by atoms with Gasteiger partial charge in [0, 0.05) is 24.3 Å². The standard InChI is InChI=1S/C35H34O17/c36-17-5-1-15(2-6-17)3-8-27(42)47-14-26-29(44)30(45)33(52-34-31(46)28(43)23(41)13-48-34)35(51-26)50-25-12-19-21(39)10-18(37)11-24(19)49-32(25)16-4-7-20(38)22(40)9-16/h1-12,23,26,28-31,33-35,41,43-46H,13-14H2,(H4-,36,37,38,39,40,42)/p+1/t23-,26-,28+,29+,30+,31-,33-,34+,35-/m1/s1. The van der Waals surface area contributed by atoms with E-state index >= 15 is 0 Å². The molecule has 3 aromatic carbocycles. The Morgan fingerprint density at radius 3 is 2.27 bits per heavy atom. The first kappa shape index (κ1) is 36.5. The van der Waals surface area contributed by atoms with Crippen molar-refractivity contribution in [2.45, 2.75) is 55.3 Å². The van der Waals surface area contributed by atoms with Gasteiger partial charge in [-0.25, -0.2) is 9.21 Å². The molecule has 52 heavy (non-hydrogen) atoms. The predicted molar refractivity (Wildman–Crippen MR) is 175 cm³/mol. The van der Waals surface area contributed by atoms with Crippen LogP contribution in [0.15, 0.2) is 71.2 Å². The third-order valence-electron chi connectivity index (χ3n) is 8.38. The van der Waals surface area contributed by atoms with E-state index in [9.17, 15) is 55.9 Å². The molecule has 0 aliphatic carbocycles. The van der Waals surface area contributed by atoms with Gasteiger partial charge < -0.3 is 74.7 Å². The maximum Gasteiger partial charge on any atom is 0.402 e. The number of aliphatic hydroxyl groups excluding tert-OH is 5. The van der Waals surface area contributed by atoms with E-state index in [0.717, 1.165) is 24.3 Å². The number of phenolic OH excluding ortho intramolecular Hbond substituents is 5. The first-order valence-corrected chi connectivity index (χ1v) is 15.8. The van der Waals surface area contributed by atoms with E-state index in [1.165, 1.54) is 36.4 Å². The number of carbonyl (C=O) groups is 1. The number of hydrogen-bond acceptors (Lipinski definition) is 16. The highest BCUT2D eigenvalue weighted by Gasteiger charge is 2.51. The van der Waals surface area contributed by atoms with E-state index in [-0.39, 0.29) is 39.5 Å². The van der Waals surface area contributed by atoms with Gasteiger partial charge in [0.2, 0.25) is 12.0 Å². The monoisotopic (exact) mass is 727 g/mol. The third kappa shape index (κ3) is 7.81. The summed E-state index contributed by atoms with van der Waals surface area (Å²) >= 11 is 0. The number of carbonyl (C=O) groups excluding carboxylic acids is 1. The van der Waals surface area contributed by atoms with Gasteiger partial charge in [0.1, 0.15) is 65.9 Å². The topological polar surface area (TPSA) is 277 Å². The minimum absolute atomic E-state index is 0.0162. The molecule has 2 fully saturated rings. The summed E-state index contributed by atoms with van der Waals surface area (Å²) in [5.41, 5.74) is 0.631. The van der Waals surface area contributed by atoms with Crippen LogP contribution in [0.25, 0.3) is 28.4 Å². The van der Waals surface area contributed by atoms with Crippen LogP contribution in [-0.2, 0) is 23.7 Å². The van der Waals surface area contributed by atoms with Gasteiger partial charge in [-0.05, 0) is 35.9 Å². The van der Waals surface area contributed by atoms with Gasteiger partial charge in [-0.15, -0.1) is 0 Å². The molecule has 10 N–H and O–H groups in total. The van der Waals surface area contributed by atoms with Crippen LogP contribution in [0.5, 0.6) is 34.5 Å². The smallest absolute Gasteiger partial charge is 0.402 e. The summed E-state index contributed by atoms with van der Waals surface area (Å²) in [7, 11) is 0. The summed E-state index contributed by atoms with van der Waals surface area (Å²) in [5, 5.41) is 103. The molecule has 1 aromatic heterocycles. The van der Waals surface area contributed by atoms with Crippen LogP contribution in [0.4, 0.5) is 0 Å². The van der Waals surface area contributed by atoms with Crippen molar-refractivity contribution in [1.82, 2.24) is 0 Å². The lowest BCUT2D eigenvalue weighted by Gasteiger charge is -2.44. The summed E-state index contributed by atoms with van der Waals surface area (Å²) < 4.78 is 34.5.